The van der Waals surface area contributed by atoms with Crippen molar-refractivity contribution in [3.63, 3.8) is 0 Å². The van der Waals surface area contributed by atoms with Crippen LogP contribution in [0.1, 0.15) is 46.5 Å². The summed E-state index contributed by atoms with van der Waals surface area (Å²) in [4.78, 5) is 26.6. The van der Waals surface area contributed by atoms with E-state index in [1.807, 2.05) is 11.9 Å². The molecule has 3 fully saturated rings. The number of carbonyl (C=O) groups is 1. The van der Waals surface area contributed by atoms with Gasteiger partial charge in [-0.25, -0.2) is 0 Å². The van der Waals surface area contributed by atoms with E-state index in [0.29, 0.717) is 5.91 Å². The third-order valence-electron chi connectivity index (χ3n) is 7.03. The van der Waals surface area contributed by atoms with Crippen molar-refractivity contribution >= 4 is 11.9 Å². The first-order valence-corrected chi connectivity index (χ1v) is 12.2. The Balaban J connectivity index is 1.36. The fraction of sp³-hybridized carbons (Fsp3) is 0.913. The molecular weight excluding hydrogens is 376 g/mol. The minimum absolute atomic E-state index is 0.00505. The van der Waals surface area contributed by atoms with Gasteiger partial charge in [-0.15, -0.1) is 0 Å². The summed E-state index contributed by atoms with van der Waals surface area (Å²) in [5, 5.41) is 3.57. The minimum atomic E-state index is -0.00505. The maximum atomic E-state index is 12.7. The molecule has 0 bridgehead atoms. The second-order valence-corrected chi connectivity index (χ2v) is 9.76. The summed E-state index contributed by atoms with van der Waals surface area (Å²) in [6, 6.07) is -0.00505. The molecule has 3 unspecified atom stereocenters. The van der Waals surface area contributed by atoms with E-state index in [1.54, 1.807) is 0 Å². The summed E-state index contributed by atoms with van der Waals surface area (Å²) in [5.41, 5.74) is 0. The van der Waals surface area contributed by atoms with Crippen LogP contribution in [-0.4, -0.2) is 110 Å². The van der Waals surface area contributed by atoms with E-state index >= 15 is 0 Å². The summed E-state index contributed by atoms with van der Waals surface area (Å²) in [6.45, 7) is 17.0. The van der Waals surface area contributed by atoms with Crippen LogP contribution in [0.2, 0.25) is 0 Å². The third kappa shape index (κ3) is 6.33. The number of likely N-dealkylation sites (tertiary alicyclic amines) is 2. The van der Waals surface area contributed by atoms with Crippen molar-refractivity contribution in [2.24, 2.45) is 16.8 Å². The summed E-state index contributed by atoms with van der Waals surface area (Å²) in [5.74, 6) is 2.97. The molecule has 3 atom stereocenters. The van der Waals surface area contributed by atoms with Gasteiger partial charge in [-0.1, -0.05) is 13.8 Å². The second-order valence-electron chi connectivity index (χ2n) is 9.76. The van der Waals surface area contributed by atoms with Gasteiger partial charge >= 0.3 is 0 Å². The predicted molar refractivity (Wildman–Crippen MR) is 124 cm³/mol. The SMILES string of the molecule is CN=C(NCCCN1CC(C)CC(C)C1)N1CCN(C(C)C(=O)N2CCCC2)CC1. The minimum Gasteiger partial charge on any atom is -0.356 e. The van der Waals surface area contributed by atoms with Crippen LogP contribution < -0.4 is 5.32 Å². The number of piperazine rings is 1. The monoisotopic (exact) mass is 420 g/mol. The van der Waals surface area contributed by atoms with Crippen molar-refractivity contribution in [2.75, 3.05) is 72.5 Å². The number of hydrogen-bond donors (Lipinski definition) is 1. The van der Waals surface area contributed by atoms with Crippen molar-refractivity contribution in [1.82, 2.24) is 24.9 Å². The lowest BCUT2D eigenvalue weighted by Crippen LogP contribution is -2.57. The molecule has 0 radical (unpaired) electrons. The zero-order valence-electron chi connectivity index (χ0n) is 19.8. The maximum absolute atomic E-state index is 12.7. The van der Waals surface area contributed by atoms with Crippen molar-refractivity contribution in [2.45, 2.75) is 52.5 Å². The van der Waals surface area contributed by atoms with Crippen molar-refractivity contribution in [3.8, 4) is 0 Å². The zero-order chi connectivity index (χ0) is 21.5. The summed E-state index contributed by atoms with van der Waals surface area (Å²) in [7, 11) is 1.88. The molecule has 3 heterocycles. The Morgan fingerprint density at radius 3 is 2.23 bits per heavy atom. The lowest BCUT2D eigenvalue weighted by atomic mass is 9.92. The number of piperidine rings is 1. The lowest BCUT2D eigenvalue weighted by molar-refractivity contribution is -0.135. The Kier molecular flexibility index (Phi) is 8.81. The van der Waals surface area contributed by atoms with Gasteiger partial charge in [0.05, 0.1) is 6.04 Å². The molecule has 0 saturated carbocycles. The molecule has 0 spiro atoms. The first-order chi connectivity index (χ1) is 14.5. The predicted octanol–water partition coefficient (Wildman–Crippen LogP) is 1.56. The number of amides is 1. The Morgan fingerprint density at radius 2 is 1.63 bits per heavy atom. The van der Waals surface area contributed by atoms with E-state index in [1.165, 1.54) is 26.1 Å². The van der Waals surface area contributed by atoms with E-state index in [2.05, 4.69) is 45.8 Å². The van der Waals surface area contributed by atoms with Gasteiger partial charge in [0.15, 0.2) is 5.96 Å². The van der Waals surface area contributed by atoms with Gasteiger partial charge in [0.2, 0.25) is 5.91 Å². The van der Waals surface area contributed by atoms with Crippen LogP contribution in [0.25, 0.3) is 0 Å². The van der Waals surface area contributed by atoms with Crippen molar-refractivity contribution in [1.29, 1.82) is 0 Å². The summed E-state index contributed by atoms with van der Waals surface area (Å²) in [6.07, 6.45) is 4.84. The van der Waals surface area contributed by atoms with Gasteiger partial charge in [-0.2, -0.15) is 0 Å². The standard InChI is InChI=1S/C23H44N6O/c1-19-16-20(2)18-26(17-19)9-7-8-25-23(24-4)29-14-12-27(13-15-29)21(3)22(30)28-10-5-6-11-28/h19-21H,5-18H2,1-4H3,(H,24,25). The summed E-state index contributed by atoms with van der Waals surface area (Å²) >= 11 is 0. The molecular formula is C23H44N6O. The molecule has 3 saturated heterocycles. The van der Waals surface area contributed by atoms with Crippen LogP contribution in [-0.2, 0) is 4.79 Å². The molecule has 0 aromatic heterocycles. The van der Waals surface area contributed by atoms with Gasteiger partial charge in [0.25, 0.3) is 0 Å². The first-order valence-electron chi connectivity index (χ1n) is 12.2. The van der Waals surface area contributed by atoms with Crippen molar-refractivity contribution in [3.05, 3.63) is 0 Å². The highest BCUT2D eigenvalue weighted by atomic mass is 16.2. The largest absolute Gasteiger partial charge is 0.356 e. The van der Waals surface area contributed by atoms with Crippen LogP contribution in [0.3, 0.4) is 0 Å². The normalized spacial score (nSPS) is 28.1. The van der Waals surface area contributed by atoms with Crippen LogP contribution in [0.5, 0.6) is 0 Å². The quantitative estimate of drug-likeness (QED) is 0.402. The molecule has 0 aliphatic carbocycles. The Morgan fingerprint density at radius 1 is 1.00 bits per heavy atom. The molecule has 7 nitrogen and oxygen atoms in total. The van der Waals surface area contributed by atoms with E-state index in [0.717, 1.165) is 82.9 Å². The van der Waals surface area contributed by atoms with E-state index in [-0.39, 0.29) is 6.04 Å². The summed E-state index contributed by atoms with van der Waals surface area (Å²) < 4.78 is 0. The highest BCUT2D eigenvalue weighted by Crippen LogP contribution is 2.20. The topological polar surface area (TPSA) is 54.4 Å². The molecule has 0 aromatic rings. The first kappa shape index (κ1) is 23.3. The highest BCUT2D eigenvalue weighted by Gasteiger charge is 2.30. The molecule has 1 N–H and O–H groups in total. The van der Waals surface area contributed by atoms with Crippen LogP contribution in [0, 0.1) is 11.8 Å². The Bertz CT molecular complexity index is 558. The third-order valence-corrected chi connectivity index (χ3v) is 7.03. The van der Waals surface area contributed by atoms with E-state index in [4.69, 9.17) is 0 Å². The Hall–Kier alpha value is -1.34. The smallest absolute Gasteiger partial charge is 0.239 e. The molecule has 30 heavy (non-hydrogen) atoms. The molecule has 3 aliphatic heterocycles. The lowest BCUT2D eigenvalue weighted by Gasteiger charge is -2.39. The molecule has 1 amide bonds. The maximum Gasteiger partial charge on any atom is 0.239 e. The van der Waals surface area contributed by atoms with Gasteiger partial charge in [0, 0.05) is 66.0 Å². The molecule has 3 aliphatic rings. The molecule has 0 aromatic carbocycles. The van der Waals surface area contributed by atoms with Gasteiger partial charge in [-0.3, -0.25) is 14.7 Å². The van der Waals surface area contributed by atoms with Gasteiger partial charge < -0.3 is 20.0 Å². The van der Waals surface area contributed by atoms with E-state index in [9.17, 15) is 4.79 Å². The van der Waals surface area contributed by atoms with Crippen LogP contribution in [0.4, 0.5) is 0 Å². The van der Waals surface area contributed by atoms with Crippen LogP contribution in [0.15, 0.2) is 4.99 Å². The number of guanidine groups is 1. The average Bonchev–Trinajstić information content (AvgIpc) is 3.27. The second kappa shape index (κ2) is 11.3. The molecule has 3 rings (SSSR count). The fourth-order valence-electron chi connectivity index (χ4n) is 5.49. The number of carbonyl (C=O) groups excluding carboxylic acids is 1. The fourth-order valence-corrected chi connectivity index (χ4v) is 5.49. The molecule has 7 heteroatoms. The van der Waals surface area contributed by atoms with Gasteiger partial charge in [0.1, 0.15) is 0 Å². The molecule has 172 valence electrons. The number of nitrogens with one attached hydrogen (secondary N) is 1. The van der Waals surface area contributed by atoms with E-state index < -0.39 is 0 Å². The number of nitrogens with zero attached hydrogens (tertiary/aromatic N) is 5. The number of hydrogen-bond acceptors (Lipinski definition) is 4. The average molecular weight is 421 g/mol. The number of rotatable bonds is 6. The zero-order valence-corrected chi connectivity index (χ0v) is 19.8. The number of aliphatic imine (C=N–C) groups is 1. The highest BCUT2D eigenvalue weighted by molar-refractivity contribution is 5.82. The van der Waals surface area contributed by atoms with Gasteiger partial charge in [-0.05, 0) is 51.0 Å². The van der Waals surface area contributed by atoms with Crippen molar-refractivity contribution < 1.29 is 4.79 Å². The Labute approximate surface area is 183 Å². The van der Waals surface area contributed by atoms with Crippen LogP contribution >= 0.6 is 0 Å².